The molecule has 0 radical (unpaired) electrons. The van der Waals surface area contributed by atoms with Crippen LogP contribution in [0.5, 0.6) is 0 Å². The highest BCUT2D eigenvalue weighted by molar-refractivity contribution is 7.89. The number of rotatable bonds is 7. The van der Waals surface area contributed by atoms with Gasteiger partial charge < -0.3 is 15.2 Å². The standard InChI is InChI=1S/C19H24N2O4S/c1-14-7-9-15(10-8-14)11-20-17-13-25-18(19(17)22)12-21-26(23,24)16-5-3-2-4-6-16/h2-10,17-22H,11-13H2,1H3/t17-,18-,19+/m1/s1. The molecule has 1 heterocycles. The van der Waals surface area contributed by atoms with Crippen molar-refractivity contribution in [2.75, 3.05) is 13.2 Å². The second kappa shape index (κ2) is 8.28. The van der Waals surface area contributed by atoms with Crippen LogP contribution in [-0.4, -0.2) is 44.9 Å². The molecule has 0 unspecified atom stereocenters. The summed E-state index contributed by atoms with van der Waals surface area (Å²) in [6.07, 6.45) is -1.36. The molecule has 2 aromatic rings. The Morgan fingerprint density at radius 3 is 2.50 bits per heavy atom. The fourth-order valence-electron chi connectivity index (χ4n) is 2.87. The van der Waals surface area contributed by atoms with Gasteiger partial charge in [-0.3, -0.25) is 0 Å². The molecule has 0 aromatic heterocycles. The van der Waals surface area contributed by atoms with E-state index in [1.807, 2.05) is 31.2 Å². The van der Waals surface area contributed by atoms with E-state index in [0.717, 1.165) is 5.56 Å². The first-order valence-electron chi connectivity index (χ1n) is 8.59. The maximum atomic E-state index is 12.3. The first kappa shape index (κ1) is 19.0. The fourth-order valence-corrected chi connectivity index (χ4v) is 3.94. The Labute approximate surface area is 154 Å². The maximum Gasteiger partial charge on any atom is 0.240 e. The van der Waals surface area contributed by atoms with Crippen molar-refractivity contribution in [2.45, 2.75) is 36.6 Å². The molecule has 0 saturated carbocycles. The monoisotopic (exact) mass is 376 g/mol. The summed E-state index contributed by atoms with van der Waals surface area (Å²) in [6.45, 7) is 3.02. The molecule has 0 aliphatic carbocycles. The minimum absolute atomic E-state index is 0.0289. The summed E-state index contributed by atoms with van der Waals surface area (Å²) < 4.78 is 32.6. The van der Waals surface area contributed by atoms with Gasteiger partial charge in [0, 0.05) is 13.1 Å². The highest BCUT2D eigenvalue weighted by Crippen LogP contribution is 2.16. The third-order valence-corrected chi connectivity index (χ3v) is 5.94. The molecule has 26 heavy (non-hydrogen) atoms. The number of aliphatic hydroxyl groups excluding tert-OH is 1. The molecule has 0 bridgehead atoms. The summed E-state index contributed by atoms with van der Waals surface area (Å²) >= 11 is 0. The lowest BCUT2D eigenvalue weighted by atomic mass is 10.1. The van der Waals surface area contributed by atoms with Crippen LogP contribution >= 0.6 is 0 Å². The molecular formula is C19H24N2O4S. The van der Waals surface area contributed by atoms with E-state index in [4.69, 9.17) is 4.74 Å². The molecule has 1 aliphatic rings. The molecule has 1 saturated heterocycles. The predicted molar refractivity (Wildman–Crippen MR) is 99.2 cm³/mol. The summed E-state index contributed by atoms with van der Waals surface area (Å²) in [6, 6.07) is 16.1. The zero-order valence-electron chi connectivity index (χ0n) is 14.6. The minimum atomic E-state index is -3.61. The van der Waals surface area contributed by atoms with Crippen molar-refractivity contribution in [1.82, 2.24) is 10.0 Å². The molecule has 7 heteroatoms. The molecule has 6 nitrogen and oxygen atoms in total. The van der Waals surface area contributed by atoms with Crippen molar-refractivity contribution in [2.24, 2.45) is 0 Å². The molecule has 1 aliphatic heterocycles. The number of benzene rings is 2. The van der Waals surface area contributed by atoms with Crippen molar-refractivity contribution in [3.8, 4) is 0 Å². The molecule has 3 rings (SSSR count). The third-order valence-electron chi connectivity index (χ3n) is 4.50. The lowest BCUT2D eigenvalue weighted by molar-refractivity contribution is 0.0443. The summed E-state index contributed by atoms with van der Waals surface area (Å²) in [7, 11) is -3.61. The van der Waals surface area contributed by atoms with Crippen molar-refractivity contribution < 1.29 is 18.3 Å². The molecule has 3 atom stereocenters. The number of hydrogen-bond acceptors (Lipinski definition) is 5. The molecular weight excluding hydrogens is 352 g/mol. The van der Waals surface area contributed by atoms with Gasteiger partial charge >= 0.3 is 0 Å². The molecule has 1 fully saturated rings. The number of aliphatic hydroxyl groups is 1. The topological polar surface area (TPSA) is 87.7 Å². The molecule has 3 N–H and O–H groups in total. The van der Waals surface area contributed by atoms with Gasteiger partial charge in [0.1, 0.15) is 0 Å². The Bertz CT molecular complexity index is 809. The van der Waals surface area contributed by atoms with E-state index < -0.39 is 22.2 Å². The van der Waals surface area contributed by atoms with Gasteiger partial charge in [-0.25, -0.2) is 13.1 Å². The SMILES string of the molecule is Cc1ccc(CN[C@@H]2CO[C@H](CNS(=O)(=O)c3ccccc3)[C@H]2O)cc1. The smallest absolute Gasteiger partial charge is 0.240 e. The normalized spacial score (nSPS) is 23.2. The van der Waals surface area contributed by atoms with Gasteiger partial charge in [-0.05, 0) is 24.6 Å². The summed E-state index contributed by atoms with van der Waals surface area (Å²) in [5.41, 5.74) is 2.32. The van der Waals surface area contributed by atoms with Gasteiger partial charge in [0.25, 0.3) is 0 Å². The van der Waals surface area contributed by atoms with Crippen LogP contribution in [0.3, 0.4) is 0 Å². The van der Waals surface area contributed by atoms with Gasteiger partial charge in [-0.1, -0.05) is 48.0 Å². The third kappa shape index (κ3) is 4.69. The van der Waals surface area contributed by atoms with E-state index >= 15 is 0 Å². The first-order valence-corrected chi connectivity index (χ1v) is 10.1. The number of sulfonamides is 1. The summed E-state index contributed by atoms with van der Waals surface area (Å²) in [5.74, 6) is 0. The van der Waals surface area contributed by atoms with E-state index in [9.17, 15) is 13.5 Å². The van der Waals surface area contributed by atoms with Crippen LogP contribution in [0.15, 0.2) is 59.5 Å². The van der Waals surface area contributed by atoms with Gasteiger partial charge in [-0.2, -0.15) is 0 Å². The van der Waals surface area contributed by atoms with E-state index in [-0.39, 0.29) is 17.5 Å². The van der Waals surface area contributed by atoms with E-state index in [1.165, 1.54) is 17.7 Å². The molecule has 0 amide bonds. The Hall–Kier alpha value is -1.77. The van der Waals surface area contributed by atoms with Crippen molar-refractivity contribution in [3.05, 3.63) is 65.7 Å². The fraction of sp³-hybridized carbons (Fsp3) is 0.368. The van der Waals surface area contributed by atoms with E-state index in [2.05, 4.69) is 10.0 Å². The lowest BCUT2D eigenvalue weighted by Gasteiger charge is -2.19. The van der Waals surface area contributed by atoms with Crippen molar-refractivity contribution in [3.63, 3.8) is 0 Å². The van der Waals surface area contributed by atoms with Crippen molar-refractivity contribution >= 4 is 10.0 Å². The Morgan fingerprint density at radius 1 is 1.12 bits per heavy atom. The highest BCUT2D eigenvalue weighted by Gasteiger charge is 2.36. The van der Waals surface area contributed by atoms with Gasteiger partial charge in [-0.15, -0.1) is 0 Å². The lowest BCUT2D eigenvalue weighted by Crippen LogP contribution is -2.44. The van der Waals surface area contributed by atoms with E-state index in [0.29, 0.717) is 13.2 Å². The second-order valence-corrected chi connectivity index (χ2v) is 8.27. The summed E-state index contributed by atoms with van der Waals surface area (Å²) in [4.78, 5) is 0.196. The first-order chi connectivity index (χ1) is 12.5. The number of ether oxygens (including phenoxy) is 1. The molecule has 140 valence electrons. The van der Waals surface area contributed by atoms with Gasteiger partial charge in [0.2, 0.25) is 10.0 Å². The zero-order valence-corrected chi connectivity index (χ0v) is 15.4. The molecule has 0 spiro atoms. The largest absolute Gasteiger partial charge is 0.389 e. The van der Waals surface area contributed by atoms with Crippen LogP contribution in [0, 0.1) is 6.92 Å². The Balaban J connectivity index is 1.51. The average Bonchev–Trinajstić information content (AvgIpc) is 3.00. The van der Waals surface area contributed by atoms with Crippen LogP contribution in [0.4, 0.5) is 0 Å². The number of hydrogen-bond donors (Lipinski definition) is 3. The minimum Gasteiger partial charge on any atom is -0.389 e. The summed E-state index contributed by atoms with van der Waals surface area (Å²) in [5, 5.41) is 13.7. The zero-order chi connectivity index (χ0) is 18.6. The van der Waals surface area contributed by atoms with Crippen LogP contribution < -0.4 is 10.0 Å². The second-order valence-electron chi connectivity index (χ2n) is 6.50. The highest BCUT2D eigenvalue weighted by atomic mass is 32.2. The van der Waals surface area contributed by atoms with Crippen LogP contribution in [0.1, 0.15) is 11.1 Å². The predicted octanol–water partition coefficient (Wildman–Crippen LogP) is 1.19. The van der Waals surface area contributed by atoms with Crippen LogP contribution in [-0.2, 0) is 21.3 Å². The van der Waals surface area contributed by atoms with E-state index in [1.54, 1.807) is 18.2 Å². The van der Waals surface area contributed by atoms with Crippen LogP contribution in [0.2, 0.25) is 0 Å². The van der Waals surface area contributed by atoms with Crippen molar-refractivity contribution in [1.29, 1.82) is 0 Å². The number of aryl methyl sites for hydroxylation is 1. The average molecular weight is 376 g/mol. The quantitative estimate of drug-likeness (QED) is 0.676. The Kier molecular flexibility index (Phi) is 6.05. The van der Waals surface area contributed by atoms with Gasteiger partial charge in [0.05, 0.1) is 29.8 Å². The number of nitrogens with one attached hydrogen (secondary N) is 2. The van der Waals surface area contributed by atoms with Crippen LogP contribution in [0.25, 0.3) is 0 Å². The molecule has 2 aromatic carbocycles. The maximum absolute atomic E-state index is 12.3. The van der Waals surface area contributed by atoms with Gasteiger partial charge in [0.15, 0.2) is 0 Å². The Morgan fingerprint density at radius 2 is 1.81 bits per heavy atom.